The maximum atomic E-state index is 13.4. The molecule has 0 saturated carbocycles. The Morgan fingerprint density at radius 1 is 1.09 bits per heavy atom. The van der Waals surface area contributed by atoms with Crippen LogP contribution in [-0.2, 0) is 13.1 Å². The number of quaternary nitrogens is 1. The molecule has 118 valence electrons. The van der Waals surface area contributed by atoms with E-state index < -0.39 is 0 Å². The topological polar surface area (TPSA) is 37.3 Å². The Hall–Kier alpha value is -2.46. The predicted octanol–water partition coefficient (Wildman–Crippen LogP) is 2.19. The number of H-pyrrole nitrogens is 1. The van der Waals surface area contributed by atoms with Crippen LogP contribution >= 0.6 is 0 Å². The number of hydrogen-bond acceptors (Lipinski definition) is 1. The summed E-state index contributed by atoms with van der Waals surface area (Å²) in [6.45, 7) is 3.33. The molecule has 1 unspecified atom stereocenters. The van der Waals surface area contributed by atoms with Crippen LogP contribution in [0.2, 0.25) is 0 Å². The number of benzene rings is 2. The molecule has 1 atom stereocenters. The maximum Gasteiger partial charge on any atom is 0.198 e. The van der Waals surface area contributed by atoms with Gasteiger partial charge in [-0.2, -0.15) is 0 Å². The van der Waals surface area contributed by atoms with Crippen LogP contribution in [0.15, 0.2) is 53.3 Å². The Balaban J connectivity index is 1.92. The molecule has 0 spiro atoms. The Labute approximate surface area is 134 Å². The maximum absolute atomic E-state index is 13.4. The fourth-order valence-electron chi connectivity index (χ4n) is 2.95. The first kappa shape index (κ1) is 15.4. The number of aryl methyl sites for hydroxylation is 1. The molecule has 1 aromatic heterocycles. The van der Waals surface area contributed by atoms with Gasteiger partial charge in [0.25, 0.3) is 0 Å². The van der Waals surface area contributed by atoms with E-state index in [1.807, 2.05) is 25.1 Å². The molecule has 2 N–H and O–H groups in total. The lowest BCUT2D eigenvalue weighted by Crippen LogP contribution is -3.06. The minimum atomic E-state index is -0.386. The van der Waals surface area contributed by atoms with Crippen LogP contribution in [0.4, 0.5) is 4.39 Å². The zero-order valence-corrected chi connectivity index (χ0v) is 13.3. The fraction of sp³-hybridized carbons (Fsp3) is 0.211. The van der Waals surface area contributed by atoms with Crippen molar-refractivity contribution in [2.24, 2.45) is 0 Å². The van der Waals surface area contributed by atoms with Gasteiger partial charge in [0.05, 0.1) is 12.6 Å². The lowest BCUT2D eigenvalue weighted by atomic mass is 10.1. The van der Waals surface area contributed by atoms with Gasteiger partial charge in [0, 0.05) is 22.2 Å². The Kier molecular flexibility index (Phi) is 4.26. The van der Waals surface area contributed by atoms with Gasteiger partial charge in [-0.1, -0.05) is 30.3 Å². The van der Waals surface area contributed by atoms with Gasteiger partial charge in [0.1, 0.15) is 18.9 Å². The van der Waals surface area contributed by atoms with Crippen LogP contribution in [0.1, 0.15) is 16.8 Å². The van der Waals surface area contributed by atoms with E-state index in [1.54, 1.807) is 6.07 Å². The molecular weight excluding hydrogens is 291 g/mol. The van der Waals surface area contributed by atoms with Crippen LogP contribution in [-0.4, -0.2) is 12.0 Å². The number of nitrogens with one attached hydrogen (secondary N) is 2. The van der Waals surface area contributed by atoms with E-state index in [1.165, 1.54) is 22.6 Å². The summed E-state index contributed by atoms with van der Waals surface area (Å²) in [6.07, 6.45) is 0. The molecule has 3 aromatic rings. The summed E-state index contributed by atoms with van der Waals surface area (Å²) in [5.41, 5.74) is 3.39. The van der Waals surface area contributed by atoms with Gasteiger partial charge >= 0.3 is 0 Å². The van der Waals surface area contributed by atoms with Crippen LogP contribution in [0.3, 0.4) is 0 Å². The van der Waals surface area contributed by atoms with Gasteiger partial charge in [-0.3, -0.25) is 4.79 Å². The van der Waals surface area contributed by atoms with Crippen molar-refractivity contribution in [2.45, 2.75) is 20.0 Å². The first-order valence-electron chi connectivity index (χ1n) is 7.71. The van der Waals surface area contributed by atoms with E-state index in [9.17, 15) is 9.18 Å². The summed E-state index contributed by atoms with van der Waals surface area (Å²) < 4.78 is 13.4. The zero-order chi connectivity index (χ0) is 16.4. The van der Waals surface area contributed by atoms with Gasteiger partial charge in [-0.05, 0) is 25.1 Å². The molecule has 0 fully saturated rings. The number of hydrogen-bond donors (Lipinski definition) is 2. The number of rotatable bonds is 4. The lowest BCUT2D eigenvalue weighted by molar-refractivity contribution is -0.907. The molecule has 4 heteroatoms. The van der Waals surface area contributed by atoms with E-state index in [2.05, 4.69) is 24.2 Å². The smallest absolute Gasteiger partial charge is 0.198 e. The summed E-state index contributed by atoms with van der Waals surface area (Å²) in [6, 6.07) is 14.5. The van der Waals surface area contributed by atoms with E-state index in [0.29, 0.717) is 17.4 Å². The molecule has 2 aromatic carbocycles. The van der Waals surface area contributed by atoms with Crippen molar-refractivity contribution in [3.63, 3.8) is 0 Å². The summed E-state index contributed by atoms with van der Waals surface area (Å²) in [5.74, 6) is -0.386. The first-order chi connectivity index (χ1) is 11.0. The number of fused-ring (bicyclic) bond motifs is 1. The molecule has 0 amide bonds. The highest BCUT2D eigenvalue weighted by atomic mass is 19.1. The average molecular weight is 311 g/mol. The average Bonchev–Trinajstić information content (AvgIpc) is 2.53. The zero-order valence-electron chi connectivity index (χ0n) is 13.3. The largest absolute Gasteiger partial charge is 0.358 e. The molecule has 3 rings (SSSR count). The highest BCUT2D eigenvalue weighted by Gasteiger charge is 2.14. The molecular formula is C19H20FN2O+. The minimum Gasteiger partial charge on any atom is -0.358 e. The summed E-state index contributed by atoms with van der Waals surface area (Å²) in [4.78, 5) is 17.1. The summed E-state index contributed by atoms with van der Waals surface area (Å²) >= 11 is 0. The van der Waals surface area contributed by atoms with E-state index in [0.717, 1.165) is 17.8 Å². The third-order valence-electron chi connectivity index (χ3n) is 4.10. The second kappa shape index (κ2) is 6.34. The highest BCUT2D eigenvalue weighted by Crippen LogP contribution is 2.12. The van der Waals surface area contributed by atoms with Crippen LogP contribution in [0, 0.1) is 12.7 Å². The molecule has 0 bridgehead atoms. The molecule has 3 nitrogen and oxygen atoms in total. The molecule has 23 heavy (non-hydrogen) atoms. The van der Waals surface area contributed by atoms with Crippen LogP contribution < -0.4 is 10.3 Å². The van der Waals surface area contributed by atoms with Gasteiger partial charge < -0.3 is 9.88 Å². The number of aromatic amines is 1. The summed E-state index contributed by atoms with van der Waals surface area (Å²) in [5, 5.41) is 0.415. The quantitative estimate of drug-likeness (QED) is 0.761. The first-order valence-corrected chi connectivity index (χ1v) is 7.71. The van der Waals surface area contributed by atoms with Crippen molar-refractivity contribution in [2.75, 3.05) is 7.05 Å². The molecule has 0 aliphatic carbocycles. The van der Waals surface area contributed by atoms with Crippen molar-refractivity contribution in [1.82, 2.24) is 4.98 Å². The number of aromatic nitrogens is 1. The van der Waals surface area contributed by atoms with Gasteiger partial charge in [0.15, 0.2) is 5.43 Å². The molecule has 0 saturated heterocycles. The fourth-order valence-corrected chi connectivity index (χ4v) is 2.95. The second-order valence-corrected chi connectivity index (χ2v) is 6.04. The van der Waals surface area contributed by atoms with Crippen LogP contribution in [0.5, 0.6) is 0 Å². The highest BCUT2D eigenvalue weighted by molar-refractivity contribution is 5.79. The Morgan fingerprint density at radius 2 is 1.83 bits per heavy atom. The van der Waals surface area contributed by atoms with Crippen LogP contribution in [0.25, 0.3) is 10.9 Å². The van der Waals surface area contributed by atoms with Crippen molar-refractivity contribution in [3.05, 3.63) is 81.4 Å². The van der Waals surface area contributed by atoms with Crippen molar-refractivity contribution in [3.8, 4) is 0 Å². The van der Waals surface area contributed by atoms with E-state index in [4.69, 9.17) is 0 Å². The molecule has 0 aliphatic heterocycles. The minimum absolute atomic E-state index is 0.0804. The third-order valence-corrected chi connectivity index (χ3v) is 4.10. The Bertz CT molecular complexity index is 887. The summed E-state index contributed by atoms with van der Waals surface area (Å²) in [7, 11) is 2.06. The van der Waals surface area contributed by atoms with E-state index >= 15 is 0 Å². The lowest BCUT2D eigenvalue weighted by Gasteiger charge is -2.15. The van der Waals surface area contributed by atoms with Crippen molar-refractivity contribution < 1.29 is 9.29 Å². The number of pyridine rings is 1. The second-order valence-electron chi connectivity index (χ2n) is 6.04. The third kappa shape index (κ3) is 3.32. The standard InChI is InChI=1S/C19H19FN2O/c1-13-17(12-22(2)11-14-6-4-3-5-7-14)19(23)16-10-15(20)8-9-18(16)21-13/h3-10H,11-12H2,1-2H3,(H,21,23)/p+1. The SMILES string of the molecule is Cc1[nH]c2ccc(F)cc2c(=O)c1C[NH+](C)Cc1ccccc1. The molecule has 1 heterocycles. The van der Waals surface area contributed by atoms with Crippen molar-refractivity contribution in [1.29, 1.82) is 0 Å². The molecule has 0 aliphatic rings. The normalized spacial score (nSPS) is 12.5. The Morgan fingerprint density at radius 3 is 2.57 bits per heavy atom. The van der Waals surface area contributed by atoms with Gasteiger partial charge in [-0.25, -0.2) is 4.39 Å². The molecule has 0 radical (unpaired) electrons. The van der Waals surface area contributed by atoms with Crippen molar-refractivity contribution >= 4 is 10.9 Å². The van der Waals surface area contributed by atoms with E-state index in [-0.39, 0.29) is 11.2 Å². The van der Waals surface area contributed by atoms with Gasteiger partial charge in [0.2, 0.25) is 0 Å². The monoisotopic (exact) mass is 311 g/mol. The number of halogens is 1. The van der Waals surface area contributed by atoms with Gasteiger partial charge in [-0.15, -0.1) is 0 Å². The predicted molar refractivity (Wildman–Crippen MR) is 90.0 cm³/mol.